The van der Waals surface area contributed by atoms with Crippen molar-refractivity contribution in [2.24, 2.45) is 5.73 Å². The van der Waals surface area contributed by atoms with Crippen LogP contribution in [0.15, 0.2) is 22.9 Å². The average Bonchev–Trinajstić information content (AvgIpc) is 2.05. The molecule has 0 fully saturated rings. The predicted octanol–water partition coefficient (Wildman–Crippen LogP) is 2.63. The van der Waals surface area contributed by atoms with Crippen molar-refractivity contribution in [2.75, 3.05) is 6.67 Å². The van der Waals surface area contributed by atoms with Crippen LogP contribution in [0.3, 0.4) is 0 Å². The molecule has 1 heterocycles. The molecule has 0 unspecified atom stereocenters. The Hall–Kier alpha value is -0.190. The molecule has 0 bridgehead atoms. The molecule has 0 aliphatic heterocycles. The van der Waals surface area contributed by atoms with Crippen molar-refractivity contribution >= 4 is 28.3 Å². The van der Waals surface area contributed by atoms with Gasteiger partial charge in [-0.25, -0.2) is 0 Å². The standard InChI is InChI=1S/C8H10BrFN2.ClH/c9-7-3-6(4-12-5-7)8(11)1-2-10;/h3-5,8H,1-2,11H2;1H/t8-;/m0./s1. The van der Waals surface area contributed by atoms with Crippen molar-refractivity contribution in [3.05, 3.63) is 28.5 Å². The number of alkyl halides is 1. The number of pyridine rings is 1. The maximum atomic E-state index is 11.9. The molecule has 0 radical (unpaired) electrons. The fourth-order valence-corrected chi connectivity index (χ4v) is 1.30. The first-order valence-electron chi connectivity index (χ1n) is 3.66. The van der Waals surface area contributed by atoms with Gasteiger partial charge in [0.05, 0.1) is 6.67 Å². The second kappa shape index (κ2) is 6.29. The molecule has 0 saturated heterocycles. The van der Waals surface area contributed by atoms with Crippen molar-refractivity contribution in [3.8, 4) is 0 Å². The van der Waals surface area contributed by atoms with Gasteiger partial charge in [-0.15, -0.1) is 12.4 Å². The zero-order valence-corrected chi connectivity index (χ0v) is 9.31. The summed E-state index contributed by atoms with van der Waals surface area (Å²) in [5.74, 6) is 0. The Morgan fingerprint density at radius 3 is 2.77 bits per heavy atom. The summed E-state index contributed by atoms with van der Waals surface area (Å²) in [5, 5.41) is 0. The molecule has 0 aromatic carbocycles. The van der Waals surface area contributed by atoms with Gasteiger partial charge in [0, 0.05) is 22.9 Å². The van der Waals surface area contributed by atoms with Crippen LogP contribution in [0.2, 0.25) is 0 Å². The minimum atomic E-state index is -0.395. The topological polar surface area (TPSA) is 38.9 Å². The first kappa shape index (κ1) is 12.8. The Morgan fingerprint density at radius 2 is 2.23 bits per heavy atom. The van der Waals surface area contributed by atoms with Crippen molar-refractivity contribution in [3.63, 3.8) is 0 Å². The molecule has 2 nitrogen and oxygen atoms in total. The van der Waals surface area contributed by atoms with E-state index in [9.17, 15) is 4.39 Å². The highest BCUT2D eigenvalue weighted by atomic mass is 79.9. The van der Waals surface area contributed by atoms with Gasteiger partial charge in [0.25, 0.3) is 0 Å². The lowest BCUT2D eigenvalue weighted by molar-refractivity contribution is 0.441. The lowest BCUT2D eigenvalue weighted by Gasteiger charge is -2.08. The maximum absolute atomic E-state index is 11.9. The number of nitrogens with zero attached hydrogens (tertiary/aromatic N) is 1. The van der Waals surface area contributed by atoms with Crippen LogP contribution in [0.5, 0.6) is 0 Å². The number of aromatic nitrogens is 1. The Kier molecular flexibility index (Phi) is 6.20. The lowest BCUT2D eigenvalue weighted by Crippen LogP contribution is -2.11. The highest BCUT2D eigenvalue weighted by Gasteiger charge is 2.05. The monoisotopic (exact) mass is 268 g/mol. The summed E-state index contributed by atoms with van der Waals surface area (Å²) in [6.07, 6.45) is 3.68. The molecule has 0 aliphatic rings. The molecule has 74 valence electrons. The van der Waals surface area contributed by atoms with Crippen LogP contribution in [-0.2, 0) is 0 Å². The van der Waals surface area contributed by atoms with E-state index in [1.54, 1.807) is 12.4 Å². The molecule has 0 aliphatic carbocycles. The Bertz CT molecular complexity index is 260. The molecule has 0 amide bonds. The maximum Gasteiger partial charge on any atom is 0.0912 e. The van der Waals surface area contributed by atoms with Gasteiger partial charge in [0.15, 0.2) is 0 Å². The van der Waals surface area contributed by atoms with Crippen LogP contribution in [-0.4, -0.2) is 11.7 Å². The predicted molar refractivity (Wildman–Crippen MR) is 56.7 cm³/mol. The third-order valence-electron chi connectivity index (χ3n) is 1.57. The van der Waals surface area contributed by atoms with Gasteiger partial charge in [-0.1, -0.05) is 0 Å². The lowest BCUT2D eigenvalue weighted by atomic mass is 10.1. The third-order valence-corrected chi connectivity index (χ3v) is 2.01. The molecule has 1 atom stereocenters. The molecule has 5 heteroatoms. The molecule has 0 spiro atoms. The van der Waals surface area contributed by atoms with Crippen molar-refractivity contribution in [1.82, 2.24) is 4.98 Å². The van der Waals surface area contributed by atoms with Gasteiger partial charge >= 0.3 is 0 Å². The van der Waals surface area contributed by atoms with Gasteiger partial charge in [-0.3, -0.25) is 9.37 Å². The molecular weight excluding hydrogens is 258 g/mol. The van der Waals surface area contributed by atoms with E-state index in [0.29, 0.717) is 6.42 Å². The number of hydrogen-bond donors (Lipinski definition) is 1. The van der Waals surface area contributed by atoms with Crippen LogP contribution < -0.4 is 5.73 Å². The molecule has 1 rings (SSSR count). The summed E-state index contributed by atoms with van der Waals surface area (Å²) in [4.78, 5) is 3.94. The van der Waals surface area contributed by atoms with Crippen LogP contribution in [0, 0.1) is 0 Å². The summed E-state index contributed by atoms with van der Waals surface area (Å²) < 4.78 is 12.8. The van der Waals surface area contributed by atoms with Gasteiger partial charge in [0.1, 0.15) is 0 Å². The molecule has 13 heavy (non-hydrogen) atoms. The van der Waals surface area contributed by atoms with Gasteiger partial charge < -0.3 is 5.73 Å². The van der Waals surface area contributed by atoms with Crippen molar-refractivity contribution < 1.29 is 4.39 Å². The largest absolute Gasteiger partial charge is 0.324 e. The second-order valence-corrected chi connectivity index (χ2v) is 3.44. The van der Waals surface area contributed by atoms with Crippen molar-refractivity contribution in [1.29, 1.82) is 0 Å². The van der Waals surface area contributed by atoms with Gasteiger partial charge in [-0.2, -0.15) is 0 Å². The van der Waals surface area contributed by atoms with E-state index in [2.05, 4.69) is 20.9 Å². The minimum absolute atomic E-state index is 0. The molecule has 1 aromatic heterocycles. The van der Waals surface area contributed by atoms with Crippen molar-refractivity contribution in [2.45, 2.75) is 12.5 Å². The summed E-state index contributed by atoms with van der Waals surface area (Å²) in [6.45, 7) is -0.395. The van der Waals surface area contributed by atoms with E-state index in [4.69, 9.17) is 5.73 Å². The van der Waals surface area contributed by atoms with E-state index in [1.165, 1.54) is 0 Å². The normalized spacial score (nSPS) is 11.9. The number of rotatable bonds is 3. The Labute approximate surface area is 91.3 Å². The highest BCUT2D eigenvalue weighted by Crippen LogP contribution is 2.17. The van der Waals surface area contributed by atoms with Gasteiger partial charge in [0.2, 0.25) is 0 Å². The zero-order valence-electron chi connectivity index (χ0n) is 6.91. The molecular formula is C8H11BrClFN2. The van der Waals surface area contributed by atoms with Crippen LogP contribution in [0.1, 0.15) is 18.0 Å². The quantitative estimate of drug-likeness (QED) is 0.916. The minimum Gasteiger partial charge on any atom is -0.324 e. The van der Waals surface area contributed by atoms with Gasteiger partial charge in [-0.05, 0) is 34.0 Å². The smallest absolute Gasteiger partial charge is 0.0912 e. The SMILES string of the molecule is Cl.N[C@@H](CCF)c1cncc(Br)c1. The first-order valence-corrected chi connectivity index (χ1v) is 4.45. The summed E-state index contributed by atoms with van der Waals surface area (Å²) in [5.41, 5.74) is 6.54. The summed E-state index contributed by atoms with van der Waals surface area (Å²) in [6, 6.07) is 1.60. The molecule has 2 N–H and O–H groups in total. The van der Waals surface area contributed by atoms with E-state index in [1.807, 2.05) is 6.07 Å². The zero-order chi connectivity index (χ0) is 8.97. The summed E-state index contributed by atoms with van der Waals surface area (Å²) in [7, 11) is 0. The van der Waals surface area contributed by atoms with Crippen LogP contribution in [0.4, 0.5) is 4.39 Å². The van der Waals surface area contributed by atoms with E-state index < -0.39 is 6.67 Å². The Balaban J connectivity index is 0.00000144. The second-order valence-electron chi connectivity index (χ2n) is 2.52. The average molecular weight is 270 g/mol. The molecule has 0 saturated carbocycles. The number of nitrogens with two attached hydrogens (primary N) is 1. The van der Waals surface area contributed by atoms with Crippen LogP contribution >= 0.6 is 28.3 Å². The van der Waals surface area contributed by atoms with E-state index in [0.717, 1.165) is 10.0 Å². The van der Waals surface area contributed by atoms with Crippen LogP contribution in [0.25, 0.3) is 0 Å². The summed E-state index contributed by atoms with van der Waals surface area (Å²) >= 11 is 3.27. The number of hydrogen-bond acceptors (Lipinski definition) is 2. The fraction of sp³-hybridized carbons (Fsp3) is 0.375. The third kappa shape index (κ3) is 4.02. The molecule has 1 aromatic rings. The van der Waals surface area contributed by atoms with E-state index in [-0.39, 0.29) is 18.4 Å². The fourth-order valence-electron chi connectivity index (χ4n) is 0.915. The first-order chi connectivity index (χ1) is 5.74. The van der Waals surface area contributed by atoms with E-state index >= 15 is 0 Å². The number of halogens is 3. The highest BCUT2D eigenvalue weighted by molar-refractivity contribution is 9.10. The Morgan fingerprint density at radius 1 is 1.54 bits per heavy atom.